The molecule has 0 aliphatic heterocycles. The fourth-order valence-corrected chi connectivity index (χ4v) is 2.96. The van der Waals surface area contributed by atoms with Crippen molar-refractivity contribution >= 4 is 6.09 Å². The molecule has 1 aromatic rings. The van der Waals surface area contributed by atoms with Crippen molar-refractivity contribution in [3.8, 4) is 5.75 Å². The van der Waals surface area contributed by atoms with Crippen LogP contribution in [0.3, 0.4) is 0 Å². The Morgan fingerprint density at radius 3 is 2.71 bits per heavy atom. The van der Waals surface area contributed by atoms with Crippen molar-refractivity contribution < 1.29 is 14.3 Å². The Kier molecular flexibility index (Phi) is 4.75. The number of aryl methyl sites for hydroxylation is 1. The molecule has 0 heterocycles. The van der Waals surface area contributed by atoms with E-state index in [1.54, 1.807) is 0 Å². The van der Waals surface area contributed by atoms with Gasteiger partial charge < -0.3 is 14.8 Å². The highest BCUT2D eigenvalue weighted by atomic mass is 16.6. The van der Waals surface area contributed by atoms with E-state index in [1.165, 1.54) is 24.0 Å². The van der Waals surface area contributed by atoms with Crippen molar-refractivity contribution in [3.05, 3.63) is 29.3 Å². The molecule has 3 rings (SSSR count). The van der Waals surface area contributed by atoms with E-state index in [2.05, 4.69) is 30.4 Å². The number of carbonyl (C=O) groups is 1. The maximum absolute atomic E-state index is 11.8. The van der Waals surface area contributed by atoms with Gasteiger partial charge in [-0.25, -0.2) is 4.79 Å². The van der Waals surface area contributed by atoms with Crippen molar-refractivity contribution in [1.82, 2.24) is 5.32 Å². The quantitative estimate of drug-likeness (QED) is 0.840. The first-order valence-electron chi connectivity index (χ1n) is 9.02. The lowest BCUT2D eigenvalue weighted by molar-refractivity contribution is 0.0525. The molecule has 2 saturated carbocycles. The number of rotatable bonds is 6. The Labute approximate surface area is 144 Å². The second-order valence-electron chi connectivity index (χ2n) is 8.28. The van der Waals surface area contributed by atoms with Gasteiger partial charge in [0.25, 0.3) is 0 Å². The summed E-state index contributed by atoms with van der Waals surface area (Å²) in [6.07, 6.45) is 3.36. The fraction of sp³-hybridized carbons (Fsp3) is 0.650. The minimum absolute atomic E-state index is 0.331. The second-order valence-corrected chi connectivity index (χ2v) is 8.28. The van der Waals surface area contributed by atoms with E-state index < -0.39 is 5.60 Å². The van der Waals surface area contributed by atoms with Crippen LogP contribution in [0.1, 0.15) is 57.1 Å². The molecule has 2 unspecified atom stereocenters. The van der Waals surface area contributed by atoms with Crippen LogP contribution < -0.4 is 10.1 Å². The molecule has 132 valence electrons. The van der Waals surface area contributed by atoms with Crippen LogP contribution in [-0.4, -0.2) is 24.8 Å². The van der Waals surface area contributed by atoms with Crippen LogP contribution in [0.4, 0.5) is 4.79 Å². The highest BCUT2D eigenvalue weighted by Crippen LogP contribution is 2.50. The SMILES string of the molecule is Cc1ccc(OCC2CC2)c(C2CC2CNC(=O)OC(C)(C)C)c1. The minimum Gasteiger partial charge on any atom is -0.493 e. The van der Waals surface area contributed by atoms with Crippen molar-refractivity contribution in [2.75, 3.05) is 13.2 Å². The zero-order valence-corrected chi connectivity index (χ0v) is 15.2. The van der Waals surface area contributed by atoms with E-state index in [4.69, 9.17) is 9.47 Å². The molecule has 0 radical (unpaired) electrons. The molecule has 1 N–H and O–H groups in total. The average molecular weight is 331 g/mol. The lowest BCUT2D eigenvalue weighted by Gasteiger charge is -2.19. The normalized spacial score (nSPS) is 22.8. The third-order valence-corrected chi connectivity index (χ3v) is 4.57. The molecule has 0 spiro atoms. The standard InChI is InChI=1S/C20H29NO3/c1-13-5-8-18(23-12-14-6-7-14)17(9-13)16-10-15(16)11-21-19(22)24-20(2,3)4/h5,8-9,14-16H,6-7,10-12H2,1-4H3,(H,21,22). The van der Waals surface area contributed by atoms with E-state index >= 15 is 0 Å². The third kappa shape index (κ3) is 4.89. The van der Waals surface area contributed by atoms with Gasteiger partial charge in [0, 0.05) is 6.54 Å². The number of carbonyl (C=O) groups excluding carboxylic acids is 1. The Morgan fingerprint density at radius 2 is 2.04 bits per heavy atom. The van der Waals surface area contributed by atoms with Crippen LogP contribution in [0.5, 0.6) is 5.75 Å². The van der Waals surface area contributed by atoms with E-state index in [0.29, 0.717) is 18.4 Å². The van der Waals surface area contributed by atoms with E-state index in [1.807, 2.05) is 20.8 Å². The number of hydrogen-bond donors (Lipinski definition) is 1. The molecular weight excluding hydrogens is 302 g/mol. The molecule has 2 aliphatic rings. The zero-order chi connectivity index (χ0) is 17.3. The fourth-order valence-electron chi connectivity index (χ4n) is 2.96. The lowest BCUT2D eigenvalue weighted by Crippen LogP contribution is -2.33. The monoisotopic (exact) mass is 331 g/mol. The smallest absolute Gasteiger partial charge is 0.407 e. The van der Waals surface area contributed by atoms with Crippen LogP contribution in [0.15, 0.2) is 18.2 Å². The molecule has 2 aliphatic carbocycles. The van der Waals surface area contributed by atoms with Crippen LogP contribution >= 0.6 is 0 Å². The van der Waals surface area contributed by atoms with E-state index in [9.17, 15) is 4.79 Å². The number of amides is 1. The van der Waals surface area contributed by atoms with Crippen LogP contribution in [0, 0.1) is 18.8 Å². The van der Waals surface area contributed by atoms with Gasteiger partial charge in [-0.05, 0) is 76.3 Å². The highest BCUT2D eigenvalue weighted by molar-refractivity contribution is 5.67. The molecule has 24 heavy (non-hydrogen) atoms. The summed E-state index contributed by atoms with van der Waals surface area (Å²) in [6.45, 7) is 9.25. The number of nitrogens with one attached hydrogen (secondary N) is 1. The molecule has 0 aromatic heterocycles. The molecule has 2 atom stereocenters. The number of ether oxygens (including phenoxy) is 2. The molecule has 1 amide bonds. The summed E-state index contributed by atoms with van der Waals surface area (Å²) in [7, 11) is 0. The summed E-state index contributed by atoms with van der Waals surface area (Å²) in [5, 5.41) is 2.89. The molecular formula is C20H29NO3. The predicted octanol–water partition coefficient (Wildman–Crippen LogP) is 4.41. The maximum Gasteiger partial charge on any atom is 0.407 e. The van der Waals surface area contributed by atoms with Gasteiger partial charge in [-0.2, -0.15) is 0 Å². The van der Waals surface area contributed by atoms with E-state index in [-0.39, 0.29) is 6.09 Å². The topological polar surface area (TPSA) is 47.6 Å². The van der Waals surface area contributed by atoms with E-state index in [0.717, 1.165) is 24.7 Å². The average Bonchev–Trinajstić information content (AvgIpc) is 3.36. The van der Waals surface area contributed by atoms with Gasteiger partial charge in [0.15, 0.2) is 0 Å². The van der Waals surface area contributed by atoms with Crippen LogP contribution in [0.25, 0.3) is 0 Å². The van der Waals surface area contributed by atoms with Gasteiger partial charge in [-0.15, -0.1) is 0 Å². The maximum atomic E-state index is 11.8. The van der Waals surface area contributed by atoms with Crippen LogP contribution in [0.2, 0.25) is 0 Å². The first kappa shape index (κ1) is 17.1. The summed E-state index contributed by atoms with van der Waals surface area (Å²) in [5.74, 6) is 2.73. The Balaban J connectivity index is 1.54. The molecule has 0 bridgehead atoms. The van der Waals surface area contributed by atoms with Crippen molar-refractivity contribution in [2.24, 2.45) is 11.8 Å². The number of hydrogen-bond acceptors (Lipinski definition) is 3. The first-order chi connectivity index (χ1) is 11.3. The van der Waals surface area contributed by atoms with Crippen LogP contribution in [-0.2, 0) is 4.74 Å². The number of alkyl carbamates (subject to hydrolysis) is 1. The Bertz CT molecular complexity index is 601. The predicted molar refractivity (Wildman–Crippen MR) is 94.5 cm³/mol. The van der Waals surface area contributed by atoms with Crippen molar-refractivity contribution in [1.29, 1.82) is 0 Å². The summed E-state index contributed by atoms with van der Waals surface area (Å²) in [5.41, 5.74) is 2.11. The van der Waals surface area contributed by atoms with Gasteiger partial charge in [-0.1, -0.05) is 17.7 Å². The van der Waals surface area contributed by atoms with Gasteiger partial charge in [-0.3, -0.25) is 0 Å². The van der Waals surface area contributed by atoms with Gasteiger partial charge in [0.05, 0.1) is 6.61 Å². The summed E-state index contributed by atoms with van der Waals surface area (Å²) in [4.78, 5) is 11.8. The molecule has 1 aromatic carbocycles. The number of benzene rings is 1. The highest BCUT2D eigenvalue weighted by Gasteiger charge is 2.40. The molecule has 0 saturated heterocycles. The second kappa shape index (κ2) is 6.66. The summed E-state index contributed by atoms with van der Waals surface area (Å²) in [6, 6.07) is 6.45. The van der Waals surface area contributed by atoms with Crippen molar-refractivity contribution in [2.45, 2.75) is 58.5 Å². The first-order valence-corrected chi connectivity index (χ1v) is 9.02. The zero-order valence-electron chi connectivity index (χ0n) is 15.2. The van der Waals surface area contributed by atoms with Gasteiger partial charge in [0.1, 0.15) is 11.4 Å². The Hall–Kier alpha value is -1.71. The Morgan fingerprint density at radius 1 is 1.29 bits per heavy atom. The lowest BCUT2D eigenvalue weighted by atomic mass is 10.0. The summed E-state index contributed by atoms with van der Waals surface area (Å²) < 4.78 is 11.3. The van der Waals surface area contributed by atoms with Gasteiger partial charge >= 0.3 is 6.09 Å². The van der Waals surface area contributed by atoms with Crippen molar-refractivity contribution in [3.63, 3.8) is 0 Å². The molecule has 2 fully saturated rings. The minimum atomic E-state index is -0.451. The summed E-state index contributed by atoms with van der Waals surface area (Å²) >= 11 is 0. The molecule has 4 nitrogen and oxygen atoms in total. The molecule has 4 heteroatoms. The largest absolute Gasteiger partial charge is 0.493 e. The van der Waals surface area contributed by atoms with Gasteiger partial charge in [0.2, 0.25) is 0 Å². The third-order valence-electron chi connectivity index (χ3n) is 4.57.